The van der Waals surface area contributed by atoms with Gasteiger partial charge < -0.3 is 14.2 Å². The Bertz CT molecular complexity index is 413. The third-order valence-corrected chi connectivity index (χ3v) is 3.43. The van der Waals surface area contributed by atoms with Crippen LogP contribution in [0.25, 0.3) is 0 Å². The molecule has 0 aromatic heterocycles. The third-order valence-electron chi connectivity index (χ3n) is 3.43. The second kappa shape index (κ2) is 4.80. The molecule has 98 valence electrons. The number of fused-ring (bicyclic) bond motifs is 1. The number of methoxy groups -OCH3 is 2. The van der Waals surface area contributed by atoms with Crippen LogP contribution in [0.1, 0.15) is 6.42 Å². The Kier molecular flexibility index (Phi) is 3.36. The Morgan fingerprint density at radius 1 is 1.28 bits per heavy atom. The number of carbonyl (C=O) groups is 3. The first-order valence-electron chi connectivity index (χ1n) is 5.60. The second-order valence-corrected chi connectivity index (χ2v) is 4.30. The van der Waals surface area contributed by atoms with E-state index in [1.165, 1.54) is 20.5 Å². The van der Waals surface area contributed by atoms with Gasteiger partial charge in [-0.2, -0.15) is 0 Å². The molecule has 6 heteroatoms. The van der Waals surface area contributed by atoms with E-state index in [1.54, 1.807) is 6.08 Å². The third kappa shape index (κ3) is 1.87. The van der Waals surface area contributed by atoms with E-state index in [9.17, 15) is 14.4 Å². The van der Waals surface area contributed by atoms with Gasteiger partial charge in [0.05, 0.1) is 32.3 Å². The van der Waals surface area contributed by atoms with Crippen molar-refractivity contribution in [2.45, 2.75) is 12.5 Å². The maximum Gasteiger partial charge on any atom is 0.313 e. The van der Waals surface area contributed by atoms with Crippen molar-refractivity contribution in [1.82, 2.24) is 0 Å². The Morgan fingerprint density at radius 2 is 1.94 bits per heavy atom. The van der Waals surface area contributed by atoms with Crippen molar-refractivity contribution in [3.05, 3.63) is 12.3 Å². The lowest BCUT2D eigenvalue weighted by Crippen LogP contribution is -2.49. The number of Topliss-reactive ketones (excluding diaryl/α,β-unsaturated/α-hetero) is 1. The van der Waals surface area contributed by atoms with Crippen LogP contribution in [-0.2, 0) is 28.6 Å². The number of rotatable bonds is 2. The van der Waals surface area contributed by atoms with Crippen molar-refractivity contribution in [1.29, 1.82) is 0 Å². The van der Waals surface area contributed by atoms with E-state index in [-0.39, 0.29) is 12.2 Å². The number of hydrogen-bond donors (Lipinski definition) is 0. The minimum absolute atomic E-state index is 0.0265. The van der Waals surface area contributed by atoms with Gasteiger partial charge in [-0.1, -0.05) is 0 Å². The summed E-state index contributed by atoms with van der Waals surface area (Å²) in [7, 11) is 2.46. The highest BCUT2D eigenvalue weighted by atomic mass is 16.5. The van der Waals surface area contributed by atoms with E-state index < -0.39 is 35.8 Å². The van der Waals surface area contributed by atoms with Crippen molar-refractivity contribution in [3.63, 3.8) is 0 Å². The van der Waals surface area contributed by atoms with Crippen LogP contribution in [0.15, 0.2) is 12.3 Å². The SMILES string of the molecule is COC(=O)C1CC(=O)C2C=COC2C1C(=O)OC. The van der Waals surface area contributed by atoms with Crippen LogP contribution >= 0.6 is 0 Å². The Labute approximate surface area is 104 Å². The topological polar surface area (TPSA) is 78.9 Å². The highest BCUT2D eigenvalue weighted by Crippen LogP contribution is 2.39. The second-order valence-electron chi connectivity index (χ2n) is 4.30. The minimum atomic E-state index is -0.837. The van der Waals surface area contributed by atoms with E-state index in [1.807, 2.05) is 0 Å². The van der Waals surface area contributed by atoms with Gasteiger partial charge in [-0.25, -0.2) is 0 Å². The van der Waals surface area contributed by atoms with Gasteiger partial charge in [0, 0.05) is 6.42 Å². The van der Waals surface area contributed by atoms with E-state index in [0.29, 0.717) is 0 Å². The number of hydrogen-bond acceptors (Lipinski definition) is 6. The zero-order valence-corrected chi connectivity index (χ0v) is 10.1. The monoisotopic (exact) mass is 254 g/mol. The molecule has 4 unspecified atom stereocenters. The van der Waals surface area contributed by atoms with Gasteiger partial charge in [0.15, 0.2) is 0 Å². The molecule has 6 nitrogen and oxygen atoms in total. The first-order valence-corrected chi connectivity index (χ1v) is 5.60. The summed E-state index contributed by atoms with van der Waals surface area (Å²) in [4.78, 5) is 35.3. The summed E-state index contributed by atoms with van der Waals surface area (Å²) in [5, 5.41) is 0. The molecule has 0 aromatic rings. The predicted molar refractivity (Wildman–Crippen MR) is 58.1 cm³/mol. The van der Waals surface area contributed by atoms with E-state index in [0.717, 1.165) is 0 Å². The lowest BCUT2D eigenvalue weighted by molar-refractivity contribution is -0.168. The molecule has 0 spiro atoms. The molecular weight excluding hydrogens is 240 g/mol. The lowest BCUT2D eigenvalue weighted by atomic mass is 9.71. The molecule has 18 heavy (non-hydrogen) atoms. The Balaban J connectivity index is 2.31. The molecule has 1 aliphatic carbocycles. The number of esters is 2. The summed E-state index contributed by atoms with van der Waals surface area (Å²) in [5.74, 6) is -3.39. The molecule has 1 saturated carbocycles. The van der Waals surface area contributed by atoms with Gasteiger partial charge in [0.1, 0.15) is 17.8 Å². The maximum atomic E-state index is 11.9. The molecule has 2 aliphatic rings. The molecule has 1 aliphatic heterocycles. The van der Waals surface area contributed by atoms with E-state index >= 15 is 0 Å². The van der Waals surface area contributed by atoms with Gasteiger partial charge in [0.2, 0.25) is 0 Å². The van der Waals surface area contributed by atoms with Gasteiger partial charge in [-0.15, -0.1) is 0 Å². The van der Waals surface area contributed by atoms with Crippen LogP contribution in [0.5, 0.6) is 0 Å². The maximum absolute atomic E-state index is 11.9. The number of ketones is 1. The fourth-order valence-corrected chi connectivity index (χ4v) is 2.54. The molecular formula is C12H14O6. The summed E-state index contributed by atoms with van der Waals surface area (Å²) in [6.07, 6.45) is 2.31. The van der Waals surface area contributed by atoms with Crippen LogP contribution in [0.2, 0.25) is 0 Å². The standard InChI is InChI=1S/C12H14O6/c1-16-11(14)7-5-8(13)6-3-4-18-10(6)9(7)12(15)17-2/h3-4,6-7,9-10H,5H2,1-2H3. The van der Waals surface area contributed by atoms with E-state index in [4.69, 9.17) is 9.47 Å². The van der Waals surface area contributed by atoms with Gasteiger partial charge in [-0.05, 0) is 6.08 Å². The summed E-state index contributed by atoms with van der Waals surface area (Å²) in [6.45, 7) is 0. The average molecular weight is 254 g/mol. The van der Waals surface area contributed by atoms with E-state index in [2.05, 4.69) is 4.74 Å². The molecule has 4 atom stereocenters. The lowest BCUT2D eigenvalue weighted by Gasteiger charge is -2.34. The molecule has 0 saturated heterocycles. The van der Waals surface area contributed by atoms with Gasteiger partial charge >= 0.3 is 11.9 Å². The van der Waals surface area contributed by atoms with Crippen LogP contribution < -0.4 is 0 Å². The van der Waals surface area contributed by atoms with Gasteiger partial charge in [-0.3, -0.25) is 14.4 Å². The summed E-state index contributed by atoms with van der Waals surface area (Å²) >= 11 is 0. The summed E-state index contributed by atoms with van der Waals surface area (Å²) in [6, 6.07) is 0. The van der Waals surface area contributed by atoms with Crippen LogP contribution in [0.3, 0.4) is 0 Å². The molecule has 0 N–H and O–H groups in total. The summed E-state index contributed by atoms with van der Waals surface area (Å²) < 4.78 is 14.6. The normalized spacial score (nSPS) is 33.6. The smallest absolute Gasteiger partial charge is 0.313 e. The predicted octanol–water partition coefficient (Wildman–Crippen LogP) is 0.0663. The van der Waals surface area contributed by atoms with Crippen molar-refractivity contribution in [2.75, 3.05) is 14.2 Å². The van der Waals surface area contributed by atoms with Crippen molar-refractivity contribution in [2.24, 2.45) is 17.8 Å². The number of ether oxygens (including phenoxy) is 3. The molecule has 1 fully saturated rings. The van der Waals surface area contributed by atoms with Crippen molar-refractivity contribution in [3.8, 4) is 0 Å². The van der Waals surface area contributed by atoms with Gasteiger partial charge in [0.25, 0.3) is 0 Å². The largest absolute Gasteiger partial charge is 0.496 e. The average Bonchev–Trinajstić information content (AvgIpc) is 2.86. The Hall–Kier alpha value is -1.85. The van der Waals surface area contributed by atoms with Crippen LogP contribution in [0, 0.1) is 17.8 Å². The highest BCUT2D eigenvalue weighted by molar-refractivity contribution is 5.93. The minimum Gasteiger partial charge on any atom is -0.496 e. The van der Waals surface area contributed by atoms with Crippen LogP contribution in [-0.4, -0.2) is 38.0 Å². The number of carbonyl (C=O) groups excluding carboxylic acids is 3. The quantitative estimate of drug-likeness (QED) is 0.649. The fraction of sp³-hybridized carbons (Fsp3) is 0.583. The zero-order valence-electron chi connectivity index (χ0n) is 10.1. The van der Waals surface area contributed by atoms with Crippen molar-refractivity contribution < 1.29 is 28.6 Å². The summed E-state index contributed by atoms with van der Waals surface area (Å²) in [5.41, 5.74) is 0. The highest BCUT2D eigenvalue weighted by Gasteiger charge is 2.53. The molecule has 1 heterocycles. The first-order chi connectivity index (χ1) is 8.60. The molecule has 0 aromatic carbocycles. The molecule has 0 amide bonds. The molecule has 0 radical (unpaired) electrons. The fourth-order valence-electron chi connectivity index (χ4n) is 2.54. The molecule has 2 rings (SSSR count). The first kappa shape index (κ1) is 12.6. The Morgan fingerprint density at radius 3 is 2.56 bits per heavy atom. The van der Waals surface area contributed by atoms with Crippen LogP contribution in [0.4, 0.5) is 0 Å². The molecule has 0 bridgehead atoms. The van der Waals surface area contributed by atoms with Crippen molar-refractivity contribution >= 4 is 17.7 Å². The zero-order chi connectivity index (χ0) is 13.3.